The summed E-state index contributed by atoms with van der Waals surface area (Å²) in [5.74, 6) is -0.590. The van der Waals surface area contributed by atoms with Crippen LogP contribution in [0.1, 0.15) is 10.4 Å². The first-order valence-corrected chi connectivity index (χ1v) is 6.30. The molecule has 0 aliphatic heterocycles. The number of hydrogen-bond donors (Lipinski definition) is 1. The number of amides is 1. The van der Waals surface area contributed by atoms with Crippen LogP contribution >= 0.6 is 15.9 Å². The molecule has 1 N–H and O–H groups in total. The van der Waals surface area contributed by atoms with Crippen LogP contribution in [0.4, 0.5) is 10.1 Å². The van der Waals surface area contributed by atoms with Crippen molar-refractivity contribution < 1.29 is 13.9 Å². The Bertz CT molecular complexity index is 616. The van der Waals surface area contributed by atoms with Crippen LogP contribution in [0, 0.1) is 5.82 Å². The van der Waals surface area contributed by atoms with Crippen LogP contribution in [-0.2, 0) is 0 Å². The van der Waals surface area contributed by atoms with Gasteiger partial charge in [0.1, 0.15) is 11.6 Å². The maximum atomic E-state index is 13.2. The minimum atomic E-state index is -0.488. The van der Waals surface area contributed by atoms with Gasteiger partial charge < -0.3 is 10.1 Å². The second-order valence-corrected chi connectivity index (χ2v) is 4.63. The Morgan fingerprint density at radius 2 is 2.00 bits per heavy atom. The Morgan fingerprint density at radius 1 is 1.26 bits per heavy atom. The van der Waals surface area contributed by atoms with Gasteiger partial charge >= 0.3 is 0 Å². The number of hydrogen-bond acceptors (Lipinski definition) is 2. The number of nitrogens with one attached hydrogen (secondary N) is 1. The fourth-order valence-electron chi connectivity index (χ4n) is 1.61. The van der Waals surface area contributed by atoms with Crippen LogP contribution in [0.2, 0.25) is 0 Å². The maximum Gasteiger partial charge on any atom is 0.259 e. The van der Waals surface area contributed by atoms with E-state index < -0.39 is 11.7 Å². The monoisotopic (exact) mass is 323 g/mol. The molecule has 2 aromatic carbocycles. The smallest absolute Gasteiger partial charge is 0.259 e. The number of carbonyl (C=O) groups is 1. The van der Waals surface area contributed by atoms with Crippen LogP contribution in [0.25, 0.3) is 0 Å². The summed E-state index contributed by atoms with van der Waals surface area (Å²) >= 11 is 3.33. The summed E-state index contributed by atoms with van der Waals surface area (Å²) in [6, 6.07) is 11.0. The standard InChI is InChI=1S/C14H11BrFNO2/c1-19-13-7-6-9(16)8-10(13)14(18)17-12-5-3-2-4-11(12)15/h2-8H,1H3,(H,17,18). The first kappa shape index (κ1) is 13.5. The van der Waals surface area contributed by atoms with E-state index in [1.807, 2.05) is 6.07 Å². The molecule has 2 rings (SSSR count). The highest BCUT2D eigenvalue weighted by molar-refractivity contribution is 9.10. The van der Waals surface area contributed by atoms with Crippen LogP contribution in [0.15, 0.2) is 46.9 Å². The third kappa shape index (κ3) is 3.12. The predicted octanol–water partition coefficient (Wildman–Crippen LogP) is 3.85. The zero-order chi connectivity index (χ0) is 13.8. The van der Waals surface area contributed by atoms with E-state index >= 15 is 0 Å². The molecule has 2 aromatic rings. The van der Waals surface area contributed by atoms with Gasteiger partial charge in [0.2, 0.25) is 0 Å². The minimum absolute atomic E-state index is 0.151. The fourth-order valence-corrected chi connectivity index (χ4v) is 1.99. The first-order valence-electron chi connectivity index (χ1n) is 5.51. The van der Waals surface area contributed by atoms with Crippen molar-refractivity contribution >= 4 is 27.5 Å². The maximum absolute atomic E-state index is 13.2. The molecule has 0 radical (unpaired) electrons. The predicted molar refractivity (Wildman–Crippen MR) is 75.0 cm³/mol. The molecule has 5 heteroatoms. The fraction of sp³-hybridized carbons (Fsp3) is 0.0714. The highest BCUT2D eigenvalue weighted by Gasteiger charge is 2.14. The summed E-state index contributed by atoms with van der Waals surface area (Å²) < 4.78 is 19.0. The molecule has 3 nitrogen and oxygen atoms in total. The molecule has 0 atom stereocenters. The van der Waals surface area contributed by atoms with E-state index in [1.165, 1.54) is 19.2 Å². The molecular weight excluding hydrogens is 313 g/mol. The van der Waals surface area contributed by atoms with Gasteiger partial charge in [-0.25, -0.2) is 4.39 Å². The van der Waals surface area contributed by atoms with Gasteiger partial charge in [0.15, 0.2) is 0 Å². The number of benzene rings is 2. The molecule has 0 spiro atoms. The normalized spacial score (nSPS) is 10.1. The molecule has 1 amide bonds. The summed E-state index contributed by atoms with van der Waals surface area (Å²) in [4.78, 5) is 12.1. The molecule has 0 heterocycles. The molecule has 19 heavy (non-hydrogen) atoms. The Hall–Kier alpha value is -1.88. The van der Waals surface area contributed by atoms with Crippen molar-refractivity contribution in [3.63, 3.8) is 0 Å². The first-order chi connectivity index (χ1) is 9.11. The Balaban J connectivity index is 2.30. The quantitative estimate of drug-likeness (QED) is 0.931. The Kier molecular flexibility index (Phi) is 4.16. The third-order valence-corrected chi connectivity index (χ3v) is 3.22. The van der Waals surface area contributed by atoms with Crippen LogP contribution in [-0.4, -0.2) is 13.0 Å². The zero-order valence-corrected chi connectivity index (χ0v) is 11.7. The molecule has 0 aliphatic rings. The van der Waals surface area contributed by atoms with Gasteiger partial charge in [-0.05, 0) is 46.3 Å². The number of rotatable bonds is 3. The topological polar surface area (TPSA) is 38.3 Å². The van der Waals surface area contributed by atoms with Gasteiger partial charge in [-0.1, -0.05) is 12.1 Å². The molecule has 98 valence electrons. The number of para-hydroxylation sites is 1. The SMILES string of the molecule is COc1ccc(F)cc1C(=O)Nc1ccccc1Br. The van der Waals surface area contributed by atoms with Crippen molar-refractivity contribution in [3.8, 4) is 5.75 Å². The second kappa shape index (κ2) is 5.84. The molecule has 0 bridgehead atoms. The largest absolute Gasteiger partial charge is 0.496 e. The Labute approximate surface area is 118 Å². The second-order valence-electron chi connectivity index (χ2n) is 3.78. The van der Waals surface area contributed by atoms with E-state index in [9.17, 15) is 9.18 Å². The summed E-state index contributed by atoms with van der Waals surface area (Å²) in [5, 5.41) is 2.70. The van der Waals surface area contributed by atoms with Gasteiger partial charge in [0.05, 0.1) is 18.4 Å². The average molecular weight is 324 g/mol. The molecule has 0 fully saturated rings. The number of carbonyl (C=O) groups excluding carboxylic acids is 1. The molecule has 0 aliphatic carbocycles. The lowest BCUT2D eigenvalue weighted by Crippen LogP contribution is -2.13. The summed E-state index contributed by atoms with van der Waals surface area (Å²) in [7, 11) is 1.43. The van der Waals surface area contributed by atoms with Gasteiger partial charge in [-0.3, -0.25) is 4.79 Å². The molecule has 0 unspecified atom stereocenters. The average Bonchev–Trinajstić information content (AvgIpc) is 2.41. The van der Waals surface area contributed by atoms with Gasteiger partial charge in [-0.2, -0.15) is 0 Å². The molecule has 0 aromatic heterocycles. The Morgan fingerprint density at radius 3 is 2.68 bits per heavy atom. The van der Waals surface area contributed by atoms with Gasteiger partial charge in [0, 0.05) is 4.47 Å². The lowest BCUT2D eigenvalue weighted by atomic mass is 10.1. The molecular formula is C14H11BrFNO2. The minimum Gasteiger partial charge on any atom is -0.496 e. The summed E-state index contributed by atoms with van der Waals surface area (Å²) in [6.07, 6.45) is 0. The molecule has 0 saturated heterocycles. The van der Waals surface area contributed by atoms with Crippen molar-refractivity contribution in [1.29, 1.82) is 0 Å². The van der Waals surface area contributed by atoms with E-state index in [0.29, 0.717) is 11.4 Å². The van der Waals surface area contributed by atoms with E-state index in [0.717, 1.165) is 10.5 Å². The number of anilines is 1. The highest BCUT2D eigenvalue weighted by Crippen LogP contribution is 2.24. The van der Waals surface area contributed by atoms with Crippen molar-refractivity contribution in [2.75, 3.05) is 12.4 Å². The number of halogens is 2. The number of ether oxygens (including phenoxy) is 1. The van der Waals surface area contributed by atoms with E-state index in [-0.39, 0.29) is 5.56 Å². The highest BCUT2D eigenvalue weighted by atomic mass is 79.9. The van der Waals surface area contributed by atoms with Gasteiger partial charge in [-0.15, -0.1) is 0 Å². The van der Waals surface area contributed by atoms with Crippen molar-refractivity contribution in [1.82, 2.24) is 0 Å². The third-order valence-electron chi connectivity index (χ3n) is 2.53. The van der Waals surface area contributed by atoms with E-state index in [1.54, 1.807) is 18.2 Å². The summed E-state index contributed by atoms with van der Waals surface area (Å²) in [6.45, 7) is 0. The van der Waals surface area contributed by atoms with Crippen molar-refractivity contribution in [2.45, 2.75) is 0 Å². The van der Waals surface area contributed by atoms with Crippen LogP contribution < -0.4 is 10.1 Å². The lowest BCUT2D eigenvalue weighted by Gasteiger charge is -2.10. The van der Waals surface area contributed by atoms with Crippen molar-refractivity contribution in [3.05, 3.63) is 58.3 Å². The molecule has 0 saturated carbocycles. The van der Waals surface area contributed by atoms with E-state index in [4.69, 9.17) is 4.74 Å². The van der Waals surface area contributed by atoms with Gasteiger partial charge in [0.25, 0.3) is 5.91 Å². The lowest BCUT2D eigenvalue weighted by molar-refractivity contribution is 0.102. The zero-order valence-electron chi connectivity index (χ0n) is 10.1. The van der Waals surface area contributed by atoms with Crippen LogP contribution in [0.5, 0.6) is 5.75 Å². The van der Waals surface area contributed by atoms with Crippen molar-refractivity contribution in [2.24, 2.45) is 0 Å². The summed E-state index contributed by atoms with van der Waals surface area (Å²) in [5.41, 5.74) is 0.761. The van der Waals surface area contributed by atoms with E-state index in [2.05, 4.69) is 21.2 Å². The number of methoxy groups -OCH3 is 1. The van der Waals surface area contributed by atoms with Crippen LogP contribution in [0.3, 0.4) is 0 Å².